The first-order valence-electron chi connectivity index (χ1n) is 24.3. The van der Waals surface area contributed by atoms with Gasteiger partial charge in [-0.15, -0.1) is 0 Å². The van der Waals surface area contributed by atoms with Gasteiger partial charge < -0.3 is 50.8 Å². The van der Waals surface area contributed by atoms with Gasteiger partial charge in [0.25, 0.3) is 5.56 Å². The number of likely N-dealkylation sites (N-methyl/N-ethyl adjacent to an activating group) is 1. The Morgan fingerprint density at radius 1 is 0.764 bits per heavy atom. The van der Waals surface area contributed by atoms with Crippen LogP contribution in [0.5, 0.6) is 11.5 Å². The second kappa shape index (κ2) is 19.4. The molecule has 2 aromatic carbocycles. The van der Waals surface area contributed by atoms with Gasteiger partial charge in [-0.05, 0) is 94.1 Å². The molecule has 20 heteroatoms. The molecule has 8 N–H and O–H groups in total. The van der Waals surface area contributed by atoms with Gasteiger partial charge in [0.1, 0.15) is 54.2 Å². The van der Waals surface area contributed by atoms with E-state index >= 15 is 0 Å². The quantitative estimate of drug-likeness (QED) is 0.0497. The first-order chi connectivity index (χ1) is 35.0. The number of ether oxygens (including phenoxy) is 2. The molecule has 2 aliphatic rings. The van der Waals surface area contributed by atoms with E-state index in [1.807, 2.05) is 84.0 Å². The third-order valence-electron chi connectivity index (χ3n) is 13.3. The van der Waals surface area contributed by atoms with Crippen molar-refractivity contribution in [1.82, 2.24) is 59.2 Å². The number of aromatic nitrogens is 11. The molecular weight excluding hydrogens is 915 g/mol. The van der Waals surface area contributed by atoms with Crippen LogP contribution in [0, 0.1) is 20.8 Å². The van der Waals surface area contributed by atoms with Gasteiger partial charge in [-0.25, -0.2) is 34.3 Å². The zero-order valence-corrected chi connectivity index (χ0v) is 40.5. The largest absolute Gasteiger partial charge is 0.491 e. The summed E-state index contributed by atoms with van der Waals surface area (Å²) in [5.41, 5.74) is 14.6. The Balaban J connectivity index is 0.861. The van der Waals surface area contributed by atoms with Gasteiger partial charge in [-0.1, -0.05) is 30.3 Å². The van der Waals surface area contributed by atoms with Crippen LogP contribution in [0.25, 0.3) is 50.5 Å². The van der Waals surface area contributed by atoms with Crippen molar-refractivity contribution in [1.29, 1.82) is 0 Å². The van der Waals surface area contributed by atoms with Crippen molar-refractivity contribution in [3.63, 3.8) is 0 Å². The summed E-state index contributed by atoms with van der Waals surface area (Å²) in [5, 5.41) is 41.5. The Morgan fingerprint density at radius 3 is 2.04 bits per heavy atom. The smallest absolute Gasteiger partial charge is 0.253 e. The van der Waals surface area contributed by atoms with Crippen LogP contribution in [0.15, 0.2) is 90.2 Å². The number of pyridine rings is 2. The highest BCUT2D eigenvalue weighted by Crippen LogP contribution is 2.52. The van der Waals surface area contributed by atoms with E-state index in [4.69, 9.17) is 50.3 Å². The average molecular weight is 972 g/mol. The molecule has 370 valence electrons. The highest BCUT2D eigenvalue weighted by Gasteiger charge is 2.42. The Labute approximate surface area is 413 Å². The summed E-state index contributed by atoms with van der Waals surface area (Å²) in [4.78, 5) is 41.1. The lowest BCUT2D eigenvalue weighted by Crippen LogP contribution is -2.29. The summed E-state index contributed by atoms with van der Waals surface area (Å²) in [6.45, 7) is 7.27. The number of aromatic amines is 1. The molecule has 0 bridgehead atoms. The van der Waals surface area contributed by atoms with E-state index in [2.05, 4.69) is 50.7 Å². The topological polar surface area (TPSA) is 258 Å². The fourth-order valence-electron chi connectivity index (χ4n) is 9.30. The lowest BCUT2D eigenvalue weighted by molar-refractivity contribution is 0.108. The van der Waals surface area contributed by atoms with E-state index in [0.717, 1.165) is 80.5 Å². The lowest BCUT2D eigenvalue weighted by Gasteiger charge is -2.13. The number of H-pyrrole nitrogens is 1. The second-order valence-corrected chi connectivity index (χ2v) is 18.9. The average Bonchev–Trinajstić information content (AvgIpc) is 4.24. The summed E-state index contributed by atoms with van der Waals surface area (Å²) < 4.78 is 17.9. The fourth-order valence-corrected chi connectivity index (χ4v) is 9.30. The Bertz CT molecular complexity index is 3530. The lowest BCUT2D eigenvalue weighted by atomic mass is 10.1. The second-order valence-electron chi connectivity index (χ2n) is 18.9. The normalized spacial score (nSPS) is 16.4. The molecule has 11 rings (SSSR count). The number of hydrogen-bond acceptors (Lipinski definition) is 16. The third-order valence-corrected chi connectivity index (χ3v) is 13.3. The number of nitrogens with one attached hydrogen (secondary N) is 4. The number of imidazole rings is 1. The Hall–Kier alpha value is -7.78. The third kappa shape index (κ3) is 9.56. The number of anilines is 2. The highest BCUT2D eigenvalue weighted by atomic mass is 16.5. The summed E-state index contributed by atoms with van der Waals surface area (Å²) >= 11 is 0. The molecule has 0 saturated heterocycles. The van der Waals surface area contributed by atoms with E-state index in [1.54, 1.807) is 13.2 Å². The number of nitrogens with two attached hydrogens (primary N) is 1. The number of nitrogens with zero attached hydrogens (tertiary/aromatic N) is 10. The first-order valence-corrected chi connectivity index (χ1v) is 24.3. The number of aryl methyl sites for hydroxylation is 3. The number of fused-ring (bicyclic) bond motifs is 3. The molecule has 4 atom stereocenters. The number of aliphatic hydroxyl groups is 2. The SMILES string of the molecule is CNCC(O)COc1cccc(-c2nc(NCc3c(C)cc(C)[nH]c3=O)c3cnn(C4CC4c4cc(C)c5nc(CNc6nc(-c7cccc(OCC(O)CN)c7)nc7c6cnn7C6CC6)cn5c4)c3n2)c1. The van der Waals surface area contributed by atoms with Gasteiger partial charge in [-0.3, -0.25) is 4.79 Å². The minimum Gasteiger partial charge on any atom is -0.491 e. The van der Waals surface area contributed by atoms with Gasteiger partial charge >= 0.3 is 0 Å². The number of rotatable bonds is 20. The molecule has 2 aliphatic carbocycles. The van der Waals surface area contributed by atoms with Crippen LogP contribution >= 0.6 is 0 Å². The molecule has 2 fully saturated rings. The fraction of sp³-hybridized carbons (Fsp3) is 0.346. The predicted octanol–water partition coefficient (Wildman–Crippen LogP) is 5.51. The number of aliphatic hydroxyl groups excluding tert-OH is 2. The molecule has 0 spiro atoms. The maximum Gasteiger partial charge on any atom is 0.253 e. The standard InChI is InChI=1S/C52H57N15O5/c1-28-13-30(3)59-52(70)41(28)21-56-48-43-23-58-67(51(43)64-46(62-48)32-8-6-10-39(16-32)72-27-37(69)20-54-4)44-17-40(44)33-14-29(2)49-60-34(25-65(49)24-33)19-55-47-42-22-57-66(35-11-12-35)50(42)63-45(61-47)31-7-5-9-38(15-31)71-26-36(68)18-53/h5-10,13-16,22-25,35-37,40,44,54,68-69H,11-12,17-21,26-27,53H2,1-4H3,(H,59,70)(H,55,61,63)(H,56,62,64). The van der Waals surface area contributed by atoms with Gasteiger partial charge in [0.15, 0.2) is 22.9 Å². The van der Waals surface area contributed by atoms with E-state index in [9.17, 15) is 15.0 Å². The zero-order valence-electron chi connectivity index (χ0n) is 40.5. The van der Waals surface area contributed by atoms with E-state index in [0.29, 0.717) is 65.1 Å². The van der Waals surface area contributed by atoms with Crippen molar-refractivity contribution < 1.29 is 19.7 Å². The van der Waals surface area contributed by atoms with Crippen LogP contribution in [0.1, 0.15) is 70.9 Å². The molecule has 2 saturated carbocycles. The van der Waals surface area contributed by atoms with Crippen LogP contribution in [0.2, 0.25) is 0 Å². The van der Waals surface area contributed by atoms with Crippen LogP contribution in [-0.2, 0) is 13.1 Å². The first kappa shape index (κ1) is 46.6. The van der Waals surface area contributed by atoms with Crippen molar-refractivity contribution in [2.24, 2.45) is 5.73 Å². The summed E-state index contributed by atoms with van der Waals surface area (Å²) in [6.07, 6.45) is 9.36. The molecular formula is C52H57N15O5. The minimum atomic E-state index is -0.764. The number of benzene rings is 2. The minimum absolute atomic E-state index is 0.0286. The molecule has 20 nitrogen and oxygen atoms in total. The molecule has 0 aliphatic heterocycles. The van der Waals surface area contributed by atoms with Crippen LogP contribution in [0.4, 0.5) is 11.6 Å². The number of hydrogen-bond donors (Lipinski definition) is 7. The Morgan fingerprint density at radius 2 is 1.40 bits per heavy atom. The van der Waals surface area contributed by atoms with Crippen LogP contribution < -0.4 is 36.7 Å². The van der Waals surface area contributed by atoms with Crippen molar-refractivity contribution >= 4 is 39.3 Å². The summed E-state index contributed by atoms with van der Waals surface area (Å²) in [5.74, 6) is 3.52. The van der Waals surface area contributed by atoms with Crippen molar-refractivity contribution in [2.45, 2.75) is 83.3 Å². The molecule has 0 amide bonds. The van der Waals surface area contributed by atoms with Gasteiger partial charge in [-0.2, -0.15) is 10.2 Å². The maximum absolute atomic E-state index is 13.1. The molecule has 72 heavy (non-hydrogen) atoms. The van der Waals surface area contributed by atoms with E-state index in [1.165, 1.54) is 0 Å². The predicted molar refractivity (Wildman–Crippen MR) is 273 cm³/mol. The van der Waals surface area contributed by atoms with Crippen molar-refractivity contribution in [3.8, 4) is 34.3 Å². The van der Waals surface area contributed by atoms with E-state index in [-0.39, 0.29) is 43.8 Å². The zero-order chi connectivity index (χ0) is 49.6. The van der Waals surface area contributed by atoms with Gasteiger partial charge in [0, 0.05) is 60.3 Å². The summed E-state index contributed by atoms with van der Waals surface area (Å²) in [6, 6.07) is 19.5. The van der Waals surface area contributed by atoms with Gasteiger partial charge in [0.05, 0.1) is 47.5 Å². The maximum atomic E-state index is 13.1. The van der Waals surface area contributed by atoms with Gasteiger partial charge in [0.2, 0.25) is 0 Å². The molecule has 0 radical (unpaired) electrons. The molecule has 4 unspecified atom stereocenters. The molecule has 7 heterocycles. The molecule has 7 aromatic heterocycles. The molecule has 9 aromatic rings. The Kier molecular flexibility index (Phi) is 12.6. The van der Waals surface area contributed by atoms with Crippen LogP contribution in [-0.4, -0.2) is 110 Å². The monoisotopic (exact) mass is 971 g/mol. The van der Waals surface area contributed by atoms with Crippen molar-refractivity contribution in [3.05, 3.63) is 129 Å². The highest BCUT2D eigenvalue weighted by molar-refractivity contribution is 5.89. The van der Waals surface area contributed by atoms with Crippen LogP contribution in [0.3, 0.4) is 0 Å². The summed E-state index contributed by atoms with van der Waals surface area (Å²) in [7, 11) is 1.78. The van der Waals surface area contributed by atoms with Crippen molar-refractivity contribution in [2.75, 3.05) is 44.0 Å². The van der Waals surface area contributed by atoms with E-state index < -0.39 is 12.2 Å².